The van der Waals surface area contributed by atoms with Crippen LogP contribution in [0.4, 0.5) is 10.1 Å². The number of carbonyl (C=O) groups is 1. The first-order chi connectivity index (χ1) is 13.8. The van der Waals surface area contributed by atoms with E-state index in [4.69, 9.17) is 11.6 Å². The molecule has 6 nitrogen and oxygen atoms in total. The highest BCUT2D eigenvalue weighted by Gasteiger charge is 2.17. The van der Waals surface area contributed by atoms with Crippen LogP contribution < -0.4 is 10.9 Å². The van der Waals surface area contributed by atoms with Crippen molar-refractivity contribution in [3.8, 4) is 11.6 Å². The van der Waals surface area contributed by atoms with Crippen LogP contribution in [0.25, 0.3) is 5.69 Å². The highest BCUT2D eigenvalue weighted by atomic mass is 35.5. The van der Waals surface area contributed by atoms with Gasteiger partial charge in [0.15, 0.2) is 5.16 Å². The van der Waals surface area contributed by atoms with Crippen LogP contribution in [0.5, 0.6) is 5.88 Å². The number of benzene rings is 2. The summed E-state index contributed by atoms with van der Waals surface area (Å²) < 4.78 is 14.5. The Morgan fingerprint density at radius 1 is 1.21 bits per heavy atom. The molecule has 0 aliphatic heterocycles. The molecule has 0 atom stereocenters. The third-order valence-corrected chi connectivity index (χ3v) is 5.56. The van der Waals surface area contributed by atoms with Gasteiger partial charge in [-0.05, 0) is 55.8 Å². The van der Waals surface area contributed by atoms with Crippen LogP contribution in [0.1, 0.15) is 11.1 Å². The Bertz CT molecular complexity index is 1130. The van der Waals surface area contributed by atoms with Gasteiger partial charge in [-0.25, -0.2) is 4.39 Å². The molecule has 0 bridgehead atoms. The maximum absolute atomic E-state index is 13.3. The van der Waals surface area contributed by atoms with E-state index < -0.39 is 17.3 Å². The average Bonchev–Trinajstić information content (AvgIpc) is 2.69. The van der Waals surface area contributed by atoms with E-state index in [0.717, 1.165) is 17.3 Å². The number of nitrogens with zero attached hydrogens (tertiary/aromatic N) is 2. The molecule has 2 aromatic carbocycles. The van der Waals surface area contributed by atoms with Gasteiger partial charge < -0.3 is 10.4 Å². The van der Waals surface area contributed by atoms with Crippen molar-refractivity contribution in [2.45, 2.75) is 19.0 Å². The van der Waals surface area contributed by atoms with E-state index >= 15 is 0 Å². The molecule has 1 aromatic heterocycles. The minimum Gasteiger partial charge on any atom is -0.493 e. The van der Waals surface area contributed by atoms with Gasteiger partial charge in [0.1, 0.15) is 5.82 Å². The molecule has 0 saturated carbocycles. The topological polar surface area (TPSA) is 84.2 Å². The standard InChI is InChI=1S/C20H17ClFN3O3S/c1-11-15(21)4-3-5-16(11)23-17(26)10-29-20-24-18(27)12(2)19(28)25(20)14-8-6-13(22)7-9-14/h3-9,27H,10H2,1-2H3,(H,23,26). The molecule has 0 unspecified atom stereocenters. The van der Waals surface area contributed by atoms with Crippen molar-refractivity contribution in [1.29, 1.82) is 0 Å². The Kier molecular flexibility index (Phi) is 6.24. The molecule has 1 heterocycles. The summed E-state index contributed by atoms with van der Waals surface area (Å²) in [6.45, 7) is 3.23. The normalized spacial score (nSPS) is 10.8. The molecule has 0 aliphatic carbocycles. The first-order valence-electron chi connectivity index (χ1n) is 8.54. The Labute approximate surface area is 175 Å². The summed E-state index contributed by atoms with van der Waals surface area (Å²) in [5.41, 5.74) is 1.25. The SMILES string of the molecule is Cc1c(Cl)cccc1NC(=O)CSc1nc(O)c(C)c(=O)n1-c1ccc(F)cc1. The van der Waals surface area contributed by atoms with Crippen LogP contribution in [-0.2, 0) is 4.79 Å². The van der Waals surface area contributed by atoms with Gasteiger partial charge in [-0.3, -0.25) is 14.2 Å². The lowest BCUT2D eigenvalue weighted by atomic mass is 10.2. The van der Waals surface area contributed by atoms with E-state index in [1.807, 2.05) is 0 Å². The lowest BCUT2D eigenvalue weighted by molar-refractivity contribution is -0.113. The van der Waals surface area contributed by atoms with E-state index in [1.165, 1.54) is 35.8 Å². The summed E-state index contributed by atoms with van der Waals surface area (Å²) in [5, 5.41) is 13.4. The van der Waals surface area contributed by atoms with Crippen LogP contribution in [0.2, 0.25) is 5.02 Å². The quantitative estimate of drug-likeness (QED) is 0.468. The van der Waals surface area contributed by atoms with Gasteiger partial charge in [0, 0.05) is 10.7 Å². The van der Waals surface area contributed by atoms with Gasteiger partial charge in [-0.15, -0.1) is 0 Å². The van der Waals surface area contributed by atoms with E-state index in [2.05, 4.69) is 10.3 Å². The molecular formula is C20H17ClFN3O3S. The lowest BCUT2D eigenvalue weighted by Crippen LogP contribution is -2.24. The third kappa shape index (κ3) is 4.60. The second-order valence-electron chi connectivity index (χ2n) is 6.21. The van der Waals surface area contributed by atoms with E-state index in [-0.39, 0.29) is 22.4 Å². The van der Waals surface area contributed by atoms with Gasteiger partial charge in [-0.1, -0.05) is 29.4 Å². The summed E-state index contributed by atoms with van der Waals surface area (Å²) in [7, 11) is 0. The maximum atomic E-state index is 13.3. The van der Waals surface area contributed by atoms with Crippen molar-refractivity contribution in [2.24, 2.45) is 0 Å². The number of halogens is 2. The Morgan fingerprint density at radius 3 is 2.59 bits per heavy atom. The number of amides is 1. The molecule has 1 amide bonds. The summed E-state index contributed by atoms with van der Waals surface area (Å²) in [4.78, 5) is 29.1. The number of thioether (sulfide) groups is 1. The van der Waals surface area contributed by atoms with Crippen molar-refractivity contribution >= 4 is 35.0 Å². The molecule has 2 N–H and O–H groups in total. The molecule has 0 aliphatic rings. The van der Waals surface area contributed by atoms with E-state index in [1.54, 1.807) is 25.1 Å². The van der Waals surface area contributed by atoms with Crippen molar-refractivity contribution in [3.63, 3.8) is 0 Å². The largest absolute Gasteiger partial charge is 0.493 e. The summed E-state index contributed by atoms with van der Waals surface area (Å²) in [6, 6.07) is 10.5. The number of aromatic nitrogens is 2. The fraction of sp³-hybridized carbons (Fsp3) is 0.150. The molecule has 0 radical (unpaired) electrons. The predicted octanol–water partition coefficient (Wildman–Crippen LogP) is 4.08. The molecule has 150 valence electrons. The van der Waals surface area contributed by atoms with Crippen LogP contribution in [0, 0.1) is 19.7 Å². The van der Waals surface area contributed by atoms with Crippen molar-refractivity contribution in [3.05, 3.63) is 74.8 Å². The monoisotopic (exact) mass is 433 g/mol. The number of aromatic hydroxyl groups is 1. The molecular weight excluding hydrogens is 417 g/mol. The first kappa shape index (κ1) is 20.9. The van der Waals surface area contributed by atoms with E-state index in [9.17, 15) is 19.1 Å². The maximum Gasteiger partial charge on any atom is 0.265 e. The highest BCUT2D eigenvalue weighted by molar-refractivity contribution is 7.99. The summed E-state index contributed by atoms with van der Waals surface area (Å²) >= 11 is 7.03. The Morgan fingerprint density at radius 2 is 1.90 bits per heavy atom. The number of carbonyl (C=O) groups excluding carboxylic acids is 1. The van der Waals surface area contributed by atoms with Crippen LogP contribution in [0.3, 0.4) is 0 Å². The molecule has 0 fully saturated rings. The number of rotatable bonds is 5. The smallest absolute Gasteiger partial charge is 0.265 e. The predicted molar refractivity (Wildman–Crippen MR) is 112 cm³/mol. The molecule has 0 spiro atoms. The minimum atomic E-state index is -0.502. The zero-order chi connectivity index (χ0) is 21.1. The highest BCUT2D eigenvalue weighted by Crippen LogP contribution is 2.25. The molecule has 3 rings (SSSR count). The third-order valence-electron chi connectivity index (χ3n) is 4.21. The summed E-state index contributed by atoms with van der Waals surface area (Å²) in [5.74, 6) is -1.26. The number of nitrogens with one attached hydrogen (secondary N) is 1. The van der Waals surface area contributed by atoms with E-state index in [0.29, 0.717) is 16.4 Å². The zero-order valence-electron chi connectivity index (χ0n) is 15.6. The molecule has 9 heteroatoms. The second-order valence-corrected chi connectivity index (χ2v) is 7.56. The van der Waals surface area contributed by atoms with Crippen LogP contribution in [-0.4, -0.2) is 26.3 Å². The van der Waals surface area contributed by atoms with Gasteiger partial charge in [-0.2, -0.15) is 4.98 Å². The minimum absolute atomic E-state index is 0.0534. The van der Waals surface area contributed by atoms with Gasteiger partial charge in [0.25, 0.3) is 5.56 Å². The van der Waals surface area contributed by atoms with Crippen LogP contribution in [0.15, 0.2) is 52.4 Å². The molecule has 3 aromatic rings. The summed E-state index contributed by atoms with van der Waals surface area (Å²) in [6.07, 6.45) is 0. The average molecular weight is 434 g/mol. The number of hydrogen-bond donors (Lipinski definition) is 2. The lowest BCUT2D eigenvalue weighted by Gasteiger charge is -2.14. The van der Waals surface area contributed by atoms with Crippen molar-refractivity contribution < 1.29 is 14.3 Å². The second kappa shape index (κ2) is 8.67. The van der Waals surface area contributed by atoms with Crippen LogP contribution >= 0.6 is 23.4 Å². The number of anilines is 1. The Balaban J connectivity index is 1.87. The van der Waals surface area contributed by atoms with Gasteiger partial charge in [0.05, 0.1) is 17.0 Å². The van der Waals surface area contributed by atoms with Gasteiger partial charge in [0.2, 0.25) is 11.8 Å². The zero-order valence-corrected chi connectivity index (χ0v) is 17.1. The van der Waals surface area contributed by atoms with Gasteiger partial charge >= 0.3 is 0 Å². The van der Waals surface area contributed by atoms with Crippen molar-refractivity contribution in [2.75, 3.05) is 11.1 Å². The first-order valence-corrected chi connectivity index (χ1v) is 9.90. The fourth-order valence-electron chi connectivity index (χ4n) is 2.55. The fourth-order valence-corrected chi connectivity index (χ4v) is 3.52. The molecule has 0 saturated heterocycles. The number of hydrogen-bond acceptors (Lipinski definition) is 5. The van der Waals surface area contributed by atoms with Crippen molar-refractivity contribution in [1.82, 2.24) is 9.55 Å². The Hall–Kier alpha value is -2.84. The molecule has 29 heavy (non-hydrogen) atoms.